The van der Waals surface area contributed by atoms with Gasteiger partial charge < -0.3 is 28.8 Å². The Hall–Kier alpha value is -2.88. The van der Waals surface area contributed by atoms with E-state index in [1.165, 1.54) is 14.0 Å². The molecule has 29 heavy (non-hydrogen) atoms. The van der Waals surface area contributed by atoms with Crippen molar-refractivity contribution < 1.29 is 43.2 Å². The molecule has 0 saturated carbocycles. The third-order valence-corrected chi connectivity index (χ3v) is 4.36. The molecule has 0 aromatic rings. The zero-order chi connectivity index (χ0) is 21.7. The highest BCUT2D eigenvalue weighted by Gasteiger charge is 2.52. The number of rotatable bonds is 8. The topological polar surface area (TPSA) is 130 Å². The molecule has 0 spiro atoms. The summed E-state index contributed by atoms with van der Waals surface area (Å²) in [6.07, 6.45) is -2.65. The molecule has 0 aromatic carbocycles. The van der Waals surface area contributed by atoms with E-state index in [1.54, 1.807) is 13.0 Å². The standard InChI is InChI=1S/C19H25NO9/c1-6-7-12-15-14(20-9(2)27-15)18(29-16(12)19(24)25-5)17(28-11(4)22)13(23)8-26-10(3)21/h6,13-15,17-18,23H,1,7-8H2,2-5H3/t13-,14-,15-,17-,18-/m1/s1. The molecule has 0 amide bonds. The average molecular weight is 411 g/mol. The van der Waals surface area contributed by atoms with Crippen molar-refractivity contribution in [3.8, 4) is 0 Å². The zero-order valence-electron chi connectivity index (χ0n) is 16.7. The molecule has 2 rings (SSSR count). The number of esters is 3. The van der Waals surface area contributed by atoms with E-state index in [1.807, 2.05) is 0 Å². The smallest absolute Gasteiger partial charge is 0.373 e. The van der Waals surface area contributed by atoms with Crippen molar-refractivity contribution in [2.45, 2.75) is 57.6 Å². The maximum Gasteiger partial charge on any atom is 0.373 e. The number of carbonyl (C=O) groups is 3. The minimum atomic E-state index is -1.43. The van der Waals surface area contributed by atoms with Crippen LogP contribution >= 0.6 is 0 Å². The van der Waals surface area contributed by atoms with Gasteiger partial charge in [-0.3, -0.25) is 9.59 Å². The van der Waals surface area contributed by atoms with Crippen LogP contribution in [0.5, 0.6) is 0 Å². The van der Waals surface area contributed by atoms with Crippen LogP contribution in [0.2, 0.25) is 0 Å². The van der Waals surface area contributed by atoms with Crippen molar-refractivity contribution in [2.24, 2.45) is 4.99 Å². The van der Waals surface area contributed by atoms with Gasteiger partial charge in [0.1, 0.15) is 18.8 Å². The highest BCUT2D eigenvalue weighted by atomic mass is 16.6. The van der Waals surface area contributed by atoms with E-state index in [2.05, 4.69) is 11.6 Å². The van der Waals surface area contributed by atoms with Crippen LogP contribution in [0, 0.1) is 0 Å². The number of hydrogen-bond donors (Lipinski definition) is 1. The third-order valence-electron chi connectivity index (χ3n) is 4.36. The van der Waals surface area contributed by atoms with Crippen molar-refractivity contribution in [3.63, 3.8) is 0 Å². The number of allylic oxidation sites excluding steroid dienone is 1. The lowest BCUT2D eigenvalue weighted by molar-refractivity contribution is -0.176. The first-order chi connectivity index (χ1) is 13.7. The lowest BCUT2D eigenvalue weighted by atomic mass is 9.88. The van der Waals surface area contributed by atoms with Crippen molar-refractivity contribution in [1.29, 1.82) is 0 Å². The predicted molar refractivity (Wildman–Crippen MR) is 98.7 cm³/mol. The van der Waals surface area contributed by atoms with E-state index >= 15 is 0 Å². The molecular weight excluding hydrogens is 386 g/mol. The fourth-order valence-corrected chi connectivity index (χ4v) is 3.25. The van der Waals surface area contributed by atoms with Gasteiger partial charge >= 0.3 is 17.9 Å². The molecule has 0 saturated heterocycles. The van der Waals surface area contributed by atoms with Gasteiger partial charge in [-0.05, 0) is 6.42 Å². The molecule has 0 fully saturated rings. The van der Waals surface area contributed by atoms with Gasteiger partial charge in [-0.1, -0.05) is 6.08 Å². The largest absolute Gasteiger partial charge is 0.477 e. The molecule has 2 heterocycles. The minimum Gasteiger partial charge on any atom is -0.477 e. The molecule has 10 heteroatoms. The number of hydrogen-bond acceptors (Lipinski definition) is 10. The fraction of sp³-hybridized carbons (Fsp3) is 0.579. The van der Waals surface area contributed by atoms with Crippen LogP contribution in [0.4, 0.5) is 0 Å². The summed E-state index contributed by atoms with van der Waals surface area (Å²) in [5, 5.41) is 10.5. The lowest BCUT2D eigenvalue weighted by Gasteiger charge is -2.38. The van der Waals surface area contributed by atoms with E-state index in [0.717, 1.165) is 6.92 Å². The number of aliphatic hydroxyl groups is 1. The Bertz CT molecular complexity index is 742. The Balaban J connectivity index is 2.46. The molecule has 1 N–H and O–H groups in total. The maximum absolute atomic E-state index is 12.3. The number of fused-ring (bicyclic) bond motifs is 1. The first-order valence-electron chi connectivity index (χ1n) is 8.98. The summed E-state index contributed by atoms with van der Waals surface area (Å²) in [7, 11) is 1.20. The molecule has 160 valence electrons. The quantitative estimate of drug-likeness (QED) is 0.343. The van der Waals surface area contributed by atoms with E-state index in [0.29, 0.717) is 11.5 Å². The number of methoxy groups -OCH3 is 1. The summed E-state index contributed by atoms with van der Waals surface area (Å²) in [6, 6.07) is -0.713. The predicted octanol–water partition coefficient (Wildman–Crippen LogP) is 0.430. The second-order valence-electron chi connectivity index (χ2n) is 6.54. The first-order valence-corrected chi connectivity index (χ1v) is 8.98. The van der Waals surface area contributed by atoms with Gasteiger partial charge in [0.2, 0.25) is 5.76 Å². The number of carbonyl (C=O) groups excluding carboxylic acids is 3. The summed E-state index contributed by atoms with van der Waals surface area (Å²) in [6.45, 7) is 7.21. The monoisotopic (exact) mass is 411 g/mol. The van der Waals surface area contributed by atoms with E-state index in [-0.39, 0.29) is 12.2 Å². The SMILES string of the molecule is C=CCC1=C(C(=O)OC)O[C@@H]([C@H](OC(C)=O)[C@H](O)COC(C)=O)[C@@H]2N=C(C)O[C@H]12. The Morgan fingerprint density at radius 1 is 1.28 bits per heavy atom. The van der Waals surface area contributed by atoms with Crippen LogP contribution in [0.25, 0.3) is 0 Å². The van der Waals surface area contributed by atoms with Crippen molar-refractivity contribution >= 4 is 23.8 Å². The maximum atomic E-state index is 12.3. The Morgan fingerprint density at radius 2 is 1.97 bits per heavy atom. The summed E-state index contributed by atoms with van der Waals surface area (Å²) >= 11 is 0. The summed E-state index contributed by atoms with van der Waals surface area (Å²) in [4.78, 5) is 39.5. The van der Waals surface area contributed by atoms with Crippen LogP contribution in [0.1, 0.15) is 27.2 Å². The van der Waals surface area contributed by atoms with Crippen LogP contribution in [0.3, 0.4) is 0 Å². The number of ether oxygens (including phenoxy) is 5. The van der Waals surface area contributed by atoms with Crippen LogP contribution in [0.15, 0.2) is 29.0 Å². The van der Waals surface area contributed by atoms with Gasteiger partial charge in [0, 0.05) is 26.3 Å². The van der Waals surface area contributed by atoms with Crippen molar-refractivity contribution in [3.05, 3.63) is 24.0 Å². The fourth-order valence-electron chi connectivity index (χ4n) is 3.25. The van der Waals surface area contributed by atoms with Gasteiger partial charge in [-0.15, -0.1) is 6.58 Å². The first kappa shape index (κ1) is 22.4. The van der Waals surface area contributed by atoms with Crippen LogP contribution in [-0.4, -0.2) is 73.1 Å². The minimum absolute atomic E-state index is 0.125. The van der Waals surface area contributed by atoms with Crippen LogP contribution < -0.4 is 0 Å². The molecule has 10 nitrogen and oxygen atoms in total. The summed E-state index contributed by atoms with van der Waals surface area (Å²) in [5.41, 5.74) is 0.477. The highest BCUT2D eigenvalue weighted by Crippen LogP contribution is 2.37. The highest BCUT2D eigenvalue weighted by molar-refractivity contribution is 5.88. The molecule has 0 radical (unpaired) electrons. The average Bonchev–Trinajstić information content (AvgIpc) is 3.05. The van der Waals surface area contributed by atoms with Gasteiger partial charge in [-0.2, -0.15) is 0 Å². The van der Waals surface area contributed by atoms with Gasteiger partial charge in [0.05, 0.1) is 7.11 Å². The molecule has 0 unspecified atom stereocenters. The summed E-state index contributed by atoms with van der Waals surface area (Å²) in [5.74, 6) is -1.85. The van der Waals surface area contributed by atoms with E-state index < -0.39 is 55.0 Å². The molecule has 2 aliphatic rings. The number of aliphatic imine (C=N–C) groups is 1. The van der Waals surface area contributed by atoms with Gasteiger partial charge in [0.15, 0.2) is 24.2 Å². The molecule has 2 aliphatic heterocycles. The molecule has 0 aromatic heterocycles. The molecule has 0 bridgehead atoms. The lowest BCUT2D eigenvalue weighted by Crippen LogP contribution is -2.55. The Kier molecular flexibility index (Phi) is 7.38. The normalized spacial score (nSPS) is 24.9. The number of aliphatic hydroxyl groups excluding tert-OH is 1. The Labute approximate surface area is 168 Å². The number of nitrogens with zero attached hydrogens (tertiary/aromatic N) is 1. The Morgan fingerprint density at radius 3 is 2.52 bits per heavy atom. The van der Waals surface area contributed by atoms with E-state index in [9.17, 15) is 19.5 Å². The van der Waals surface area contributed by atoms with Crippen LogP contribution in [-0.2, 0) is 38.1 Å². The van der Waals surface area contributed by atoms with Crippen molar-refractivity contribution in [1.82, 2.24) is 0 Å². The molecule has 5 atom stereocenters. The summed E-state index contributed by atoms with van der Waals surface area (Å²) < 4.78 is 26.5. The zero-order valence-corrected chi connectivity index (χ0v) is 16.7. The second-order valence-corrected chi connectivity index (χ2v) is 6.54. The van der Waals surface area contributed by atoms with Gasteiger partial charge in [-0.25, -0.2) is 9.79 Å². The third kappa shape index (κ3) is 5.14. The van der Waals surface area contributed by atoms with Crippen molar-refractivity contribution in [2.75, 3.05) is 13.7 Å². The van der Waals surface area contributed by atoms with Gasteiger partial charge in [0.25, 0.3) is 0 Å². The second kappa shape index (κ2) is 9.55. The molecule has 0 aliphatic carbocycles. The van der Waals surface area contributed by atoms with E-state index in [4.69, 9.17) is 23.7 Å². The molecular formula is C19H25NO9.